The van der Waals surface area contributed by atoms with Gasteiger partial charge >= 0.3 is 6.03 Å². The fourth-order valence-corrected chi connectivity index (χ4v) is 4.24. The van der Waals surface area contributed by atoms with Crippen LogP contribution in [-0.2, 0) is 27.4 Å². The number of hydrogen-bond acceptors (Lipinski definition) is 6. The molecule has 0 spiro atoms. The number of amides is 5. The van der Waals surface area contributed by atoms with Gasteiger partial charge in [-0.15, -0.1) is 0 Å². The third-order valence-electron chi connectivity index (χ3n) is 6.10. The Kier molecular flexibility index (Phi) is 5.57. The van der Waals surface area contributed by atoms with Crippen LogP contribution in [0, 0.1) is 0 Å². The summed E-state index contributed by atoms with van der Waals surface area (Å²) >= 11 is 0. The molecule has 3 aliphatic rings. The van der Waals surface area contributed by atoms with Gasteiger partial charge in [-0.3, -0.25) is 29.9 Å². The fourth-order valence-electron chi connectivity index (χ4n) is 4.24. The molecule has 2 saturated heterocycles. The maximum atomic E-state index is 12.6. The van der Waals surface area contributed by atoms with E-state index in [2.05, 4.69) is 16.0 Å². The molecule has 0 aliphatic carbocycles. The average Bonchev–Trinajstić information content (AvgIpc) is 3.10. The molecule has 1 atom stereocenters. The van der Waals surface area contributed by atoms with Gasteiger partial charge in [-0.2, -0.15) is 0 Å². The first kappa shape index (κ1) is 20.5. The number of rotatable bonds is 3. The van der Waals surface area contributed by atoms with Gasteiger partial charge in [-0.25, -0.2) is 4.79 Å². The van der Waals surface area contributed by atoms with Gasteiger partial charge in [0, 0.05) is 43.8 Å². The highest BCUT2D eigenvalue weighted by atomic mass is 16.5. The second kappa shape index (κ2) is 8.16. The van der Waals surface area contributed by atoms with Crippen LogP contribution in [0.3, 0.4) is 0 Å². The average molecular weight is 414 g/mol. The molecular weight excluding hydrogens is 388 g/mol. The van der Waals surface area contributed by atoms with Gasteiger partial charge in [0.1, 0.15) is 0 Å². The van der Waals surface area contributed by atoms with E-state index in [9.17, 15) is 19.2 Å². The zero-order valence-electron chi connectivity index (χ0n) is 17.0. The standard InChI is InChI=1S/C21H26N4O5/c1-21(6-8-30-9-7-21)24-20(29)23-18(27)13-2-3-14-11-25(12-15(14)10-13)16-4-5-17(26)22-19(16)28/h2-3,10,16H,4-9,11-12H2,1H3,(H,22,26,28)(H2,23,24,27,29). The van der Waals surface area contributed by atoms with E-state index in [4.69, 9.17) is 4.74 Å². The first-order valence-corrected chi connectivity index (χ1v) is 10.2. The van der Waals surface area contributed by atoms with Gasteiger partial charge in [0.15, 0.2) is 0 Å². The van der Waals surface area contributed by atoms with Crippen molar-refractivity contribution < 1.29 is 23.9 Å². The summed E-state index contributed by atoms with van der Waals surface area (Å²) < 4.78 is 5.32. The number of benzene rings is 1. The molecule has 1 aromatic rings. The molecule has 0 radical (unpaired) electrons. The quantitative estimate of drug-likeness (QED) is 0.631. The lowest BCUT2D eigenvalue weighted by Gasteiger charge is -2.34. The van der Waals surface area contributed by atoms with Crippen molar-refractivity contribution in [1.82, 2.24) is 20.9 Å². The molecule has 4 rings (SSSR count). The SMILES string of the molecule is CC1(NC(=O)NC(=O)c2ccc3c(c2)CN(C2CCC(=O)NC2=O)C3)CCOCC1. The van der Waals surface area contributed by atoms with Crippen molar-refractivity contribution in [3.63, 3.8) is 0 Å². The minimum atomic E-state index is -0.518. The molecule has 160 valence electrons. The Morgan fingerprint density at radius 2 is 1.90 bits per heavy atom. The van der Waals surface area contributed by atoms with E-state index in [1.54, 1.807) is 12.1 Å². The van der Waals surface area contributed by atoms with E-state index in [-0.39, 0.29) is 23.4 Å². The second-order valence-corrected chi connectivity index (χ2v) is 8.44. The van der Waals surface area contributed by atoms with E-state index in [0.717, 1.165) is 11.1 Å². The predicted molar refractivity (Wildman–Crippen MR) is 106 cm³/mol. The van der Waals surface area contributed by atoms with Crippen LogP contribution in [0.4, 0.5) is 4.79 Å². The number of urea groups is 1. The van der Waals surface area contributed by atoms with Crippen LogP contribution in [0.2, 0.25) is 0 Å². The first-order valence-electron chi connectivity index (χ1n) is 10.2. The Labute approximate surface area is 174 Å². The zero-order chi connectivity index (χ0) is 21.3. The molecule has 5 amide bonds. The Balaban J connectivity index is 1.37. The van der Waals surface area contributed by atoms with Crippen LogP contribution in [0.5, 0.6) is 0 Å². The molecule has 1 unspecified atom stereocenters. The third-order valence-corrected chi connectivity index (χ3v) is 6.10. The first-order chi connectivity index (χ1) is 14.3. The van der Waals surface area contributed by atoms with Gasteiger partial charge < -0.3 is 10.1 Å². The third kappa shape index (κ3) is 4.36. The molecule has 30 heavy (non-hydrogen) atoms. The summed E-state index contributed by atoms with van der Waals surface area (Å²) in [6.07, 6.45) is 2.22. The van der Waals surface area contributed by atoms with E-state index >= 15 is 0 Å². The summed E-state index contributed by atoms with van der Waals surface area (Å²) in [4.78, 5) is 50.4. The highest BCUT2D eigenvalue weighted by molar-refractivity contribution is 6.04. The number of carbonyl (C=O) groups excluding carboxylic acids is 4. The minimum absolute atomic E-state index is 0.236. The molecular formula is C21H26N4O5. The number of nitrogens with one attached hydrogen (secondary N) is 3. The number of hydrogen-bond donors (Lipinski definition) is 3. The summed E-state index contributed by atoms with van der Waals surface area (Å²) in [5.41, 5.74) is 1.99. The van der Waals surface area contributed by atoms with Crippen LogP contribution in [0.1, 0.15) is 54.1 Å². The van der Waals surface area contributed by atoms with E-state index in [1.807, 2.05) is 17.9 Å². The number of piperidine rings is 1. The summed E-state index contributed by atoms with van der Waals surface area (Å²) in [7, 11) is 0. The molecule has 2 fully saturated rings. The minimum Gasteiger partial charge on any atom is -0.381 e. The van der Waals surface area contributed by atoms with Crippen LogP contribution in [0.25, 0.3) is 0 Å². The van der Waals surface area contributed by atoms with E-state index in [1.165, 1.54) is 0 Å². The van der Waals surface area contributed by atoms with Crippen molar-refractivity contribution in [2.45, 2.75) is 57.3 Å². The lowest BCUT2D eigenvalue weighted by Crippen LogP contribution is -2.53. The summed E-state index contributed by atoms with van der Waals surface area (Å²) in [5, 5.41) is 7.66. The number of carbonyl (C=O) groups is 4. The van der Waals surface area contributed by atoms with Crippen molar-refractivity contribution in [3.8, 4) is 0 Å². The molecule has 0 bridgehead atoms. The molecule has 9 heteroatoms. The Morgan fingerprint density at radius 1 is 1.17 bits per heavy atom. The van der Waals surface area contributed by atoms with Crippen molar-refractivity contribution in [2.75, 3.05) is 13.2 Å². The van der Waals surface area contributed by atoms with Gasteiger partial charge in [0.25, 0.3) is 5.91 Å². The van der Waals surface area contributed by atoms with Crippen LogP contribution in [0.15, 0.2) is 18.2 Å². The Morgan fingerprint density at radius 3 is 2.63 bits per heavy atom. The molecule has 9 nitrogen and oxygen atoms in total. The number of imide groups is 2. The van der Waals surface area contributed by atoms with Gasteiger partial charge in [0.05, 0.1) is 6.04 Å². The fraction of sp³-hybridized carbons (Fsp3) is 0.524. The molecule has 0 saturated carbocycles. The van der Waals surface area contributed by atoms with E-state index in [0.29, 0.717) is 57.6 Å². The summed E-state index contributed by atoms with van der Waals surface area (Å²) in [6.45, 7) is 4.22. The van der Waals surface area contributed by atoms with E-state index < -0.39 is 11.9 Å². The van der Waals surface area contributed by atoms with Crippen molar-refractivity contribution in [2.24, 2.45) is 0 Å². The lowest BCUT2D eigenvalue weighted by molar-refractivity contribution is -0.137. The number of nitrogens with zero attached hydrogens (tertiary/aromatic N) is 1. The second-order valence-electron chi connectivity index (χ2n) is 8.44. The largest absolute Gasteiger partial charge is 0.381 e. The molecule has 3 heterocycles. The Bertz CT molecular complexity index is 893. The number of ether oxygens (including phenoxy) is 1. The summed E-state index contributed by atoms with van der Waals surface area (Å²) in [6, 6.07) is 4.44. The topological polar surface area (TPSA) is 117 Å². The van der Waals surface area contributed by atoms with Crippen molar-refractivity contribution in [3.05, 3.63) is 34.9 Å². The van der Waals surface area contributed by atoms with Crippen LogP contribution in [-0.4, -0.2) is 53.4 Å². The predicted octanol–water partition coefficient (Wildman–Crippen LogP) is 0.816. The van der Waals surface area contributed by atoms with Crippen molar-refractivity contribution in [1.29, 1.82) is 0 Å². The zero-order valence-corrected chi connectivity index (χ0v) is 17.0. The molecule has 1 aromatic carbocycles. The van der Waals surface area contributed by atoms with Gasteiger partial charge in [-0.05, 0) is 49.4 Å². The van der Waals surface area contributed by atoms with Gasteiger partial charge in [-0.1, -0.05) is 6.07 Å². The smallest absolute Gasteiger partial charge is 0.322 e. The maximum Gasteiger partial charge on any atom is 0.322 e. The molecule has 3 aliphatic heterocycles. The van der Waals surface area contributed by atoms with Crippen molar-refractivity contribution >= 4 is 23.8 Å². The normalized spacial score (nSPS) is 23.4. The monoisotopic (exact) mass is 414 g/mol. The molecule has 3 N–H and O–H groups in total. The maximum absolute atomic E-state index is 12.6. The van der Waals surface area contributed by atoms with Crippen LogP contribution < -0.4 is 16.0 Å². The van der Waals surface area contributed by atoms with Gasteiger partial charge in [0.2, 0.25) is 11.8 Å². The Hall–Kier alpha value is -2.78. The number of fused-ring (bicyclic) bond motifs is 1. The highest BCUT2D eigenvalue weighted by Crippen LogP contribution is 2.28. The van der Waals surface area contributed by atoms with Crippen LogP contribution >= 0.6 is 0 Å². The summed E-state index contributed by atoms with van der Waals surface area (Å²) in [5.74, 6) is -0.972. The highest BCUT2D eigenvalue weighted by Gasteiger charge is 2.35. The lowest BCUT2D eigenvalue weighted by atomic mass is 9.93. The molecule has 0 aromatic heterocycles.